The zero-order valence-electron chi connectivity index (χ0n) is 76.4. The molecule has 2 aliphatic rings. The molecule has 0 radical (unpaired) electrons. The van der Waals surface area contributed by atoms with Gasteiger partial charge in [0.25, 0.3) is 5.91 Å². The number of benzene rings is 3. The summed E-state index contributed by atoms with van der Waals surface area (Å²) in [4.78, 5) is 111. The van der Waals surface area contributed by atoms with Crippen molar-refractivity contribution >= 4 is 58.0 Å². The van der Waals surface area contributed by atoms with Crippen LogP contribution in [0.4, 0.5) is 120 Å². The van der Waals surface area contributed by atoms with Crippen molar-refractivity contribution in [1.82, 2.24) is 34.0 Å². The van der Waals surface area contributed by atoms with Gasteiger partial charge in [0.2, 0.25) is 40.8 Å². The Bertz CT molecular complexity index is 4490. The number of rotatable bonds is 67. The predicted octanol–water partition coefficient (Wildman–Crippen LogP) is 15.3. The quantitative estimate of drug-likeness (QED) is 0.00935. The van der Waals surface area contributed by atoms with E-state index in [1.165, 1.54) is 43.9 Å². The van der Waals surface area contributed by atoms with Gasteiger partial charge in [-0.25, -0.2) is 4.58 Å². The fourth-order valence-corrected chi connectivity index (χ4v) is 15.0. The minimum absolute atomic E-state index is 0.0289. The van der Waals surface area contributed by atoms with E-state index < -0.39 is 214 Å². The van der Waals surface area contributed by atoms with Crippen LogP contribution in [0.25, 0.3) is 33.4 Å². The van der Waals surface area contributed by atoms with Gasteiger partial charge in [-0.05, 0) is 160 Å². The highest BCUT2D eigenvalue weighted by Crippen LogP contribution is 2.63. The molecule has 14 N–H and O–H groups in total. The third-order valence-corrected chi connectivity index (χ3v) is 23.3. The van der Waals surface area contributed by atoms with Crippen molar-refractivity contribution in [3.8, 4) is 22.5 Å². The summed E-state index contributed by atoms with van der Waals surface area (Å²) in [5, 5.41) is -0.742. The number of fused-ring (bicyclic) bond motifs is 2. The Morgan fingerprint density at radius 3 is 0.993 bits per heavy atom. The summed E-state index contributed by atoms with van der Waals surface area (Å²) < 4.78 is 380. The molecule has 2 aromatic carbocycles. The molecule has 0 atom stereocenters. The summed E-state index contributed by atoms with van der Waals surface area (Å²) in [6.07, 6.45) is -8.87. The average Bonchev–Trinajstić information content (AvgIpc) is 0.711. The van der Waals surface area contributed by atoms with Crippen LogP contribution >= 0.6 is 0 Å². The number of anilines is 1. The molecule has 0 spiro atoms. The Morgan fingerprint density at radius 1 is 0.336 bits per heavy atom. The van der Waals surface area contributed by atoms with Crippen molar-refractivity contribution in [2.75, 3.05) is 149 Å². The van der Waals surface area contributed by atoms with Crippen LogP contribution in [0, 0.1) is 0 Å². The molecular formula is C88H126F26N15O8+. The normalized spacial score (nSPS) is 13.3. The van der Waals surface area contributed by atoms with Gasteiger partial charge in [0.05, 0.1) is 45.2 Å². The molecular weight excluding hydrogens is 1890 g/mol. The maximum absolute atomic E-state index is 16.0. The lowest BCUT2D eigenvalue weighted by molar-refractivity contribution is -0.440. The number of amides is 7. The van der Waals surface area contributed by atoms with Gasteiger partial charge in [-0.15, -0.1) is 0 Å². The number of hydrogen-bond donors (Lipinski definition) is 7. The number of nitrogens with two attached hydrogens (primary N) is 7. The van der Waals surface area contributed by atoms with E-state index in [2.05, 4.69) is 0 Å². The van der Waals surface area contributed by atoms with E-state index in [9.17, 15) is 93.4 Å². The van der Waals surface area contributed by atoms with Crippen LogP contribution in [0.15, 0.2) is 65.1 Å². The largest absolute Gasteiger partial charge is 0.460 e. The van der Waals surface area contributed by atoms with E-state index >= 15 is 54.3 Å². The van der Waals surface area contributed by atoms with Crippen LogP contribution in [-0.2, 0) is 28.8 Å². The van der Waals surface area contributed by atoms with E-state index in [0.717, 1.165) is 66.5 Å². The van der Waals surface area contributed by atoms with Crippen molar-refractivity contribution < 1.29 is 152 Å². The molecule has 782 valence electrons. The highest BCUT2D eigenvalue weighted by atomic mass is 19.4. The van der Waals surface area contributed by atoms with Crippen molar-refractivity contribution in [1.29, 1.82) is 0 Å². The monoisotopic (exact) mass is 2010 g/mol. The van der Waals surface area contributed by atoms with Crippen molar-refractivity contribution in [2.24, 2.45) is 40.1 Å². The van der Waals surface area contributed by atoms with Crippen LogP contribution < -0.4 is 55.0 Å². The maximum atomic E-state index is 16.0. The van der Waals surface area contributed by atoms with Crippen LogP contribution in [0.1, 0.15) is 191 Å². The highest BCUT2D eigenvalue weighted by Gasteiger charge is 2.92. The molecule has 4 rings (SSSR count). The number of primary amides is 1. The van der Waals surface area contributed by atoms with E-state index in [-0.39, 0.29) is 99.3 Å². The molecule has 23 nitrogen and oxygen atoms in total. The topological polar surface area (TPSA) is 340 Å². The molecule has 1 heterocycles. The molecule has 137 heavy (non-hydrogen) atoms. The smallest absolute Gasteiger partial charge is 0.456 e. The number of carbonyl (C=O) groups excluding carboxylic acids is 7. The van der Waals surface area contributed by atoms with E-state index in [1.54, 1.807) is 0 Å². The predicted molar refractivity (Wildman–Crippen MR) is 461 cm³/mol. The molecule has 49 heteroatoms. The number of carbonyl (C=O) groups is 7. The summed E-state index contributed by atoms with van der Waals surface area (Å²) >= 11 is 0. The Hall–Kier alpha value is -8.84. The van der Waals surface area contributed by atoms with Gasteiger partial charge in [-0.2, -0.15) is 114 Å². The molecule has 0 aromatic heterocycles. The van der Waals surface area contributed by atoms with Crippen molar-refractivity contribution in [2.45, 2.75) is 252 Å². The highest BCUT2D eigenvalue weighted by molar-refractivity contribution is 6.10. The lowest BCUT2D eigenvalue weighted by Gasteiger charge is -2.40. The zero-order chi connectivity index (χ0) is 104. The standard InChI is InChI=1S/C88H125F26N15O8/c1-3-122(51-37-77(89,90)79(93,94)81(97,98)83(101,102)85(105,106)87(109,110)111)61-33-35-65-67(53-61)137-68-54-62(123(4-2)52-38-78(91,92)80(95,96)82(99,100)84(103,104)86(107,108)88(112,113)114)34-36-66(68)75(65)63-31-17-18-32-64(63)76(136)129(50-30-16-10-24-44-120)60-74(135)128(49-29-15-9-23-43-119)59-73(134)127(48-28-14-8-22-42-118)58-72(133)126(47-27-13-7-21-41-117)57-71(132)125(46-26-12-6-20-40-116)56-70(131)124(55-69(121)130)45-25-11-5-19-39-115/h17-18,31-36,53-54H,3-16,19-30,37-52,55-60,115-120H2,1-2H3,(H-,121,130)/p+1. The third kappa shape index (κ3) is 31.3. The summed E-state index contributed by atoms with van der Waals surface area (Å²) in [6, 6.07) is 10.9. The molecule has 0 unspecified atom stereocenters. The van der Waals surface area contributed by atoms with Gasteiger partial charge >= 0.3 is 71.6 Å². The van der Waals surface area contributed by atoms with Crippen molar-refractivity contribution in [3.63, 3.8) is 0 Å². The van der Waals surface area contributed by atoms with Gasteiger partial charge in [0, 0.05) is 98.7 Å². The molecule has 0 saturated carbocycles. The Kier molecular flexibility index (Phi) is 47.2. The summed E-state index contributed by atoms with van der Waals surface area (Å²) in [5.74, 6) is -83.6. The first-order valence-electron chi connectivity index (χ1n) is 45.4. The molecule has 0 bridgehead atoms. The molecule has 0 fully saturated rings. The number of alkyl halides is 26. The van der Waals surface area contributed by atoms with Crippen LogP contribution in [0.3, 0.4) is 0 Å². The van der Waals surface area contributed by atoms with Crippen LogP contribution in [-0.4, -0.2) is 286 Å². The number of unbranched alkanes of at least 4 members (excludes halogenated alkanes) is 18. The molecule has 2 aromatic rings. The Labute approximate surface area is 776 Å². The Balaban J connectivity index is 2.04. The summed E-state index contributed by atoms with van der Waals surface area (Å²) in [5.41, 5.74) is 38.3. The SMILES string of the molecule is CCN(CCC(F)(F)C(F)(F)C(F)(F)C(F)(F)C(F)(F)C(F)(F)F)c1ccc2c(-c3ccccc3C(=O)N(CCCCCCN)CC(=O)N(CCCCCCN)CC(=O)N(CCCCCCN)CC(=O)N(CCCCCCN)CC(=O)N(CCCCCCN)CC(=O)N(CCCCCCN)CC(N)=O)c3ccc(=[N+](CC)CCC(F)(F)C(F)(F)C(F)(F)C(F)(F)C(F)(F)C(F)(F)F)cc-3oc2c1. The van der Waals surface area contributed by atoms with Gasteiger partial charge in [-0.3, -0.25) is 33.6 Å². The fraction of sp³-hybridized carbons (Fsp3) is 0.705. The number of nitrogens with zero attached hydrogens (tertiary/aromatic N) is 8. The molecule has 1 aliphatic carbocycles. The van der Waals surface area contributed by atoms with Gasteiger partial charge < -0.3 is 78.9 Å². The van der Waals surface area contributed by atoms with E-state index in [4.69, 9.17) is 44.6 Å². The van der Waals surface area contributed by atoms with Gasteiger partial charge in [-0.1, -0.05) is 95.2 Å². The lowest BCUT2D eigenvalue weighted by Crippen LogP contribution is -2.70. The lowest BCUT2D eigenvalue weighted by atomic mass is 9.90. The third-order valence-electron chi connectivity index (χ3n) is 23.3. The average molecular weight is 2020 g/mol. The van der Waals surface area contributed by atoms with E-state index in [1.807, 2.05) is 0 Å². The molecule has 7 amide bonds. The van der Waals surface area contributed by atoms with Gasteiger partial charge in [0.1, 0.15) is 31.0 Å². The van der Waals surface area contributed by atoms with Gasteiger partial charge in [0.15, 0.2) is 0 Å². The summed E-state index contributed by atoms with van der Waals surface area (Å²) in [6.45, 7) is -4.98. The second-order valence-corrected chi connectivity index (χ2v) is 33.5. The Morgan fingerprint density at radius 2 is 0.657 bits per heavy atom. The first-order valence-corrected chi connectivity index (χ1v) is 45.4. The second kappa shape index (κ2) is 53.7. The first kappa shape index (κ1) is 120. The zero-order valence-corrected chi connectivity index (χ0v) is 76.4. The number of hydrogen-bond acceptors (Lipinski definition) is 15. The minimum atomic E-state index is -8.25. The minimum Gasteiger partial charge on any atom is -0.456 e. The van der Waals surface area contributed by atoms with E-state index in [0.29, 0.717) is 164 Å². The van der Waals surface area contributed by atoms with Crippen molar-refractivity contribution in [3.05, 3.63) is 71.6 Å². The molecule has 0 saturated heterocycles. The van der Waals surface area contributed by atoms with Crippen LogP contribution in [0.5, 0.6) is 0 Å². The first-order chi connectivity index (χ1) is 63.9. The maximum Gasteiger partial charge on any atom is 0.460 e. The fourth-order valence-electron chi connectivity index (χ4n) is 15.0. The number of halogens is 26. The molecule has 1 aliphatic heterocycles. The van der Waals surface area contributed by atoms with Crippen LogP contribution in [0.2, 0.25) is 0 Å². The summed E-state index contributed by atoms with van der Waals surface area (Å²) in [7, 11) is 0. The second-order valence-electron chi connectivity index (χ2n) is 33.5.